The molecule has 0 amide bonds. The monoisotopic (exact) mass is 330 g/mol. The molecular formula is C17H19FN4O2. The second-order valence-electron chi connectivity index (χ2n) is 5.76. The molecular weight excluding hydrogens is 311 g/mol. The van der Waals surface area contributed by atoms with Crippen molar-refractivity contribution in [2.24, 2.45) is 0 Å². The summed E-state index contributed by atoms with van der Waals surface area (Å²) in [5.41, 5.74) is 5.39. The molecule has 0 radical (unpaired) electrons. The zero-order valence-corrected chi connectivity index (χ0v) is 13.5. The van der Waals surface area contributed by atoms with Crippen molar-refractivity contribution in [3.8, 4) is 0 Å². The maximum absolute atomic E-state index is 13.7. The standard InChI is InChI=1S/C17H19FN4O2/c1-3-10(2)22-15-5-4-11(18)8-13(15)16(21-22)20-14-9-19-7-6-12(14)17(23)24/h4-10,16,20-21H,3H2,1-2H3,(H,23,24). The zero-order valence-electron chi connectivity index (χ0n) is 13.5. The van der Waals surface area contributed by atoms with Gasteiger partial charge in [0.25, 0.3) is 0 Å². The van der Waals surface area contributed by atoms with Crippen molar-refractivity contribution in [2.75, 3.05) is 10.3 Å². The predicted molar refractivity (Wildman–Crippen MR) is 89.3 cm³/mol. The number of rotatable bonds is 5. The molecule has 2 aromatic rings. The fourth-order valence-corrected chi connectivity index (χ4v) is 2.76. The summed E-state index contributed by atoms with van der Waals surface area (Å²) in [5.74, 6) is -1.38. The maximum atomic E-state index is 13.7. The Hall–Kier alpha value is -2.67. The molecule has 6 nitrogen and oxygen atoms in total. The minimum Gasteiger partial charge on any atom is -0.478 e. The van der Waals surface area contributed by atoms with Crippen molar-refractivity contribution in [3.63, 3.8) is 0 Å². The zero-order chi connectivity index (χ0) is 17.3. The number of hydrogen-bond donors (Lipinski definition) is 3. The van der Waals surface area contributed by atoms with Gasteiger partial charge in [0.1, 0.15) is 12.0 Å². The highest BCUT2D eigenvalue weighted by Gasteiger charge is 2.31. The van der Waals surface area contributed by atoms with Gasteiger partial charge in [0.05, 0.1) is 23.1 Å². The van der Waals surface area contributed by atoms with E-state index in [1.54, 1.807) is 6.07 Å². The third-order valence-corrected chi connectivity index (χ3v) is 4.21. The molecule has 1 aromatic carbocycles. The normalized spacial score (nSPS) is 17.5. The second-order valence-corrected chi connectivity index (χ2v) is 5.76. The summed E-state index contributed by atoms with van der Waals surface area (Å²) in [6.07, 6.45) is 3.35. The van der Waals surface area contributed by atoms with Crippen LogP contribution in [0, 0.1) is 5.82 Å². The van der Waals surface area contributed by atoms with E-state index in [1.807, 2.05) is 5.01 Å². The summed E-state index contributed by atoms with van der Waals surface area (Å²) in [6, 6.07) is 6.24. The maximum Gasteiger partial charge on any atom is 0.337 e. The number of hydrazine groups is 1. The minimum atomic E-state index is -1.05. The second kappa shape index (κ2) is 6.45. The van der Waals surface area contributed by atoms with E-state index in [0.29, 0.717) is 5.69 Å². The number of aromatic nitrogens is 1. The number of nitrogens with zero attached hydrogens (tertiary/aromatic N) is 2. The topological polar surface area (TPSA) is 77.5 Å². The Labute approximate surface area is 139 Å². The van der Waals surface area contributed by atoms with E-state index in [1.165, 1.54) is 30.6 Å². The first kappa shape index (κ1) is 16.2. The molecule has 2 unspecified atom stereocenters. The average Bonchev–Trinajstić information content (AvgIpc) is 2.92. The number of pyridine rings is 1. The van der Waals surface area contributed by atoms with E-state index in [-0.39, 0.29) is 17.4 Å². The van der Waals surface area contributed by atoms with Gasteiger partial charge in [0.15, 0.2) is 0 Å². The molecule has 2 atom stereocenters. The first-order valence-electron chi connectivity index (χ1n) is 7.80. The van der Waals surface area contributed by atoms with Crippen LogP contribution >= 0.6 is 0 Å². The lowest BCUT2D eigenvalue weighted by Crippen LogP contribution is -2.42. The highest BCUT2D eigenvalue weighted by molar-refractivity contribution is 5.94. The molecule has 0 spiro atoms. The molecule has 3 N–H and O–H groups in total. The number of nitrogens with one attached hydrogen (secondary N) is 2. The molecule has 1 aliphatic rings. The van der Waals surface area contributed by atoms with Gasteiger partial charge in [-0.15, -0.1) is 0 Å². The van der Waals surface area contributed by atoms with Gasteiger partial charge in [-0.05, 0) is 37.6 Å². The molecule has 0 fully saturated rings. The number of carboxylic acid groups (broad SMARTS) is 1. The lowest BCUT2D eigenvalue weighted by atomic mass is 10.1. The van der Waals surface area contributed by atoms with E-state index in [9.17, 15) is 14.3 Å². The van der Waals surface area contributed by atoms with Crippen LogP contribution in [-0.2, 0) is 0 Å². The van der Waals surface area contributed by atoms with Crippen molar-refractivity contribution in [1.29, 1.82) is 0 Å². The molecule has 0 saturated carbocycles. The lowest BCUT2D eigenvalue weighted by Gasteiger charge is -2.27. The summed E-state index contributed by atoms with van der Waals surface area (Å²) in [7, 11) is 0. The fourth-order valence-electron chi connectivity index (χ4n) is 2.76. The highest BCUT2D eigenvalue weighted by Crippen LogP contribution is 2.36. The third-order valence-electron chi connectivity index (χ3n) is 4.21. The number of hydrogen-bond acceptors (Lipinski definition) is 5. The molecule has 3 rings (SSSR count). The number of halogens is 1. The van der Waals surface area contributed by atoms with Gasteiger partial charge >= 0.3 is 5.97 Å². The molecule has 0 aliphatic carbocycles. The Bertz CT molecular complexity index is 768. The Kier molecular flexibility index (Phi) is 4.35. The number of carboxylic acids is 1. The van der Waals surface area contributed by atoms with Crippen LogP contribution in [-0.4, -0.2) is 22.1 Å². The fraction of sp³-hybridized carbons (Fsp3) is 0.294. The largest absolute Gasteiger partial charge is 0.478 e. The van der Waals surface area contributed by atoms with Crippen molar-refractivity contribution in [1.82, 2.24) is 10.4 Å². The SMILES string of the molecule is CCC(C)N1NC(Nc2cnccc2C(=O)O)c2cc(F)ccc21. The summed E-state index contributed by atoms with van der Waals surface area (Å²) in [6.45, 7) is 4.13. The van der Waals surface area contributed by atoms with E-state index in [0.717, 1.165) is 17.7 Å². The van der Waals surface area contributed by atoms with E-state index >= 15 is 0 Å². The smallest absolute Gasteiger partial charge is 0.337 e. The number of carbonyl (C=O) groups is 1. The third kappa shape index (κ3) is 2.90. The van der Waals surface area contributed by atoms with Crippen LogP contribution in [0.25, 0.3) is 0 Å². The van der Waals surface area contributed by atoms with Gasteiger partial charge in [0, 0.05) is 17.8 Å². The molecule has 2 heterocycles. The first-order valence-corrected chi connectivity index (χ1v) is 7.80. The molecule has 7 heteroatoms. The Morgan fingerprint density at radius 3 is 3.00 bits per heavy atom. The van der Waals surface area contributed by atoms with Gasteiger partial charge in [-0.1, -0.05) is 6.92 Å². The Morgan fingerprint density at radius 1 is 1.50 bits per heavy atom. The van der Waals surface area contributed by atoms with Crippen molar-refractivity contribution in [2.45, 2.75) is 32.5 Å². The Balaban J connectivity index is 1.96. The van der Waals surface area contributed by atoms with Crippen LogP contribution in [0.1, 0.15) is 42.4 Å². The number of benzene rings is 1. The number of anilines is 2. The summed E-state index contributed by atoms with van der Waals surface area (Å²) < 4.78 is 13.7. The van der Waals surface area contributed by atoms with Crippen molar-refractivity contribution in [3.05, 3.63) is 53.6 Å². The van der Waals surface area contributed by atoms with E-state index in [4.69, 9.17) is 0 Å². The highest BCUT2D eigenvalue weighted by atomic mass is 19.1. The van der Waals surface area contributed by atoms with Crippen LogP contribution in [0.15, 0.2) is 36.7 Å². The van der Waals surface area contributed by atoms with E-state index < -0.39 is 12.1 Å². The van der Waals surface area contributed by atoms with Crippen LogP contribution in [0.3, 0.4) is 0 Å². The van der Waals surface area contributed by atoms with Gasteiger partial charge in [-0.3, -0.25) is 4.98 Å². The lowest BCUT2D eigenvalue weighted by molar-refractivity contribution is 0.0697. The molecule has 0 bridgehead atoms. The first-order chi connectivity index (χ1) is 11.5. The molecule has 0 saturated heterocycles. The summed E-state index contributed by atoms with van der Waals surface area (Å²) >= 11 is 0. The van der Waals surface area contributed by atoms with Gasteiger partial charge < -0.3 is 15.4 Å². The molecule has 24 heavy (non-hydrogen) atoms. The molecule has 1 aromatic heterocycles. The quantitative estimate of drug-likeness (QED) is 0.782. The van der Waals surface area contributed by atoms with Crippen molar-refractivity contribution < 1.29 is 14.3 Å². The van der Waals surface area contributed by atoms with Crippen LogP contribution in [0.4, 0.5) is 15.8 Å². The number of aromatic carboxylic acids is 1. The molecule has 1 aliphatic heterocycles. The van der Waals surface area contributed by atoms with Crippen molar-refractivity contribution >= 4 is 17.3 Å². The van der Waals surface area contributed by atoms with Crippen LogP contribution in [0.2, 0.25) is 0 Å². The van der Waals surface area contributed by atoms with Gasteiger partial charge in [-0.2, -0.15) is 0 Å². The van der Waals surface area contributed by atoms with Crippen LogP contribution in [0.5, 0.6) is 0 Å². The van der Waals surface area contributed by atoms with Gasteiger partial charge in [0.2, 0.25) is 0 Å². The number of fused-ring (bicyclic) bond motifs is 1. The molecule has 126 valence electrons. The van der Waals surface area contributed by atoms with E-state index in [2.05, 4.69) is 29.6 Å². The Morgan fingerprint density at radius 2 is 2.29 bits per heavy atom. The average molecular weight is 330 g/mol. The summed E-state index contributed by atoms with van der Waals surface area (Å²) in [4.78, 5) is 15.3. The van der Waals surface area contributed by atoms with Gasteiger partial charge in [-0.25, -0.2) is 14.6 Å². The van der Waals surface area contributed by atoms with Crippen LogP contribution < -0.4 is 15.8 Å². The minimum absolute atomic E-state index is 0.117. The summed E-state index contributed by atoms with van der Waals surface area (Å²) in [5, 5.41) is 14.4. The predicted octanol–water partition coefficient (Wildman–Crippen LogP) is 3.15.